The van der Waals surface area contributed by atoms with Gasteiger partial charge in [-0.3, -0.25) is 5.43 Å². The zero-order chi connectivity index (χ0) is 13.5. The Morgan fingerprint density at radius 2 is 2.05 bits per heavy atom. The van der Waals surface area contributed by atoms with E-state index in [1.165, 1.54) is 7.11 Å². The van der Waals surface area contributed by atoms with Crippen LogP contribution in [0.4, 0.5) is 5.82 Å². The van der Waals surface area contributed by atoms with Crippen LogP contribution in [0, 0.1) is 0 Å². The largest absolute Gasteiger partial charge is 0.465 e. The van der Waals surface area contributed by atoms with Crippen LogP contribution in [0.2, 0.25) is 0 Å². The molecular weight excluding hydrogens is 242 g/mol. The van der Waals surface area contributed by atoms with Gasteiger partial charge in [0.05, 0.1) is 18.9 Å². The highest BCUT2D eigenvalue weighted by molar-refractivity contribution is 5.99. The number of hydrazone groups is 1. The number of hydrogen-bond acceptors (Lipinski definition) is 5. The number of aromatic nitrogens is 1. The van der Waals surface area contributed by atoms with Crippen molar-refractivity contribution in [1.29, 1.82) is 0 Å². The van der Waals surface area contributed by atoms with Crippen molar-refractivity contribution in [1.82, 2.24) is 4.98 Å². The van der Waals surface area contributed by atoms with E-state index in [0.29, 0.717) is 16.9 Å². The van der Waals surface area contributed by atoms with E-state index in [9.17, 15) is 4.79 Å². The first-order valence-electron chi connectivity index (χ1n) is 5.68. The minimum Gasteiger partial charge on any atom is -0.465 e. The summed E-state index contributed by atoms with van der Waals surface area (Å²) in [6.45, 7) is 0. The third-order valence-corrected chi connectivity index (χ3v) is 2.41. The Morgan fingerprint density at radius 3 is 2.79 bits per heavy atom. The van der Waals surface area contributed by atoms with Crippen molar-refractivity contribution >= 4 is 18.0 Å². The van der Waals surface area contributed by atoms with Crippen molar-refractivity contribution in [2.45, 2.75) is 0 Å². The molecular formula is C14H13N3O2. The van der Waals surface area contributed by atoms with Gasteiger partial charge in [0, 0.05) is 11.8 Å². The Kier molecular flexibility index (Phi) is 4.23. The molecule has 0 bridgehead atoms. The van der Waals surface area contributed by atoms with E-state index < -0.39 is 0 Å². The maximum atomic E-state index is 11.6. The zero-order valence-electron chi connectivity index (χ0n) is 10.4. The summed E-state index contributed by atoms with van der Waals surface area (Å²) in [7, 11) is 1.35. The van der Waals surface area contributed by atoms with E-state index in [0.717, 1.165) is 0 Å². The van der Waals surface area contributed by atoms with Crippen LogP contribution >= 0.6 is 0 Å². The summed E-state index contributed by atoms with van der Waals surface area (Å²) in [5, 5.41) is 4.04. The van der Waals surface area contributed by atoms with E-state index in [1.807, 2.05) is 18.2 Å². The second-order valence-electron chi connectivity index (χ2n) is 3.66. The molecule has 0 saturated carbocycles. The number of nitrogens with one attached hydrogen (secondary N) is 1. The fourth-order valence-corrected chi connectivity index (χ4v) is 1.50. The van der Waals surface area contributed by atoms with Gasteiger partial charge in [-0.25, -0.2) is 9.78 Å². The van der Waals surface area contributed by atoms with Crippen LogP contribution in [0.25, 0.3) is 0 Å². The number of rotatable bonds is 4. The molecule has 2 rings (SSSR count). The van der Waals surface area contributed by atoms with Crippen molar-refractivity contribution < 1.29 is 9.53 Å². The van der Waals surface area contributed by atoms with Gasteiger partial charge in [0.15, 0.2) is 0 Å². The fourth-order valence-electron chi connectivity index (χ4n) is 1.50. The van der Waals surface area contributed by atoms with Crippen molar-refractivity contribution in [2.24, 2.45) is 5.10 Å². The van der Waals surface area contributed by atoms with Crippen molar-refractivity contribution in [2.75, 3.05) is 12.5 Å². The number of carbonyl (C=O) groups excluding carboxylic acids is 1. The Labute approximate surface area is 110 Å². The molecule has 0 radical (unpaired) electrons. The summed E-state index contributed by atoms with van der Waals surface area (Å²) in [4.78, 5) is 15.6. The lowest BCUT2D eigenvalue weighted by molar-refractivity contribution is 0.0600. The van der Waals surface area contributed by atoms with E-state index in [-0.39, 0.29) is 5.97 Å². The van der Waals surface area contributed by atoms with Crippen molar-refractivity contribution in [3.8, 4) is 0 Å². The maximum absolute atomic E-state index is 11.6. The van der Waals surface area contributed by atoms with Gasteiger partial charge < -0.3 is 4.74 Å². The molecule has 1 aromatic carbocycles. The molecule has 0 spiro atoms. The highest BCUT2D eigenvalue weighted by Gasteiger charge is 2.08. The number of ether oxygens (including phenoxy) is 1. The average Bonchev–Trinajstić information content (AvgIpc) is 2.48. The predicted octanol–water partition coefficient (Wildman–Crippen LogP) is 2.31. The minimum atomic E-state index is -0.389. The molecule has 0 aliphatic rings. The summed E-state index contributed by atoms with van der Waals surface area (Å²) < 4.78 is 4.71. The second-order valence-corrected chi connectivity index (χ2v) is 3.66. The van der Waals surface area contributed by atoms with E-state index in [4.69, 9.17) is 4.74 Å². The predicted molar refractivity (Wildman–Crippen MR) is 73.2 cm³/mol. The molecule has 1 N–H and O–H groups in total. The van der Waals surface area contributed by atoms with Crippen LogP contribution in [0.1, 0.15) is 15.9 Å². The Balaban J connectivity index is 2.13. The van der Waals surface area contributed by atoms with Gasteiger partial charge in [-0.2, -0.15) is 5.10 Å². The van der Waals surface area contributed by atoms with E-state index >= 15 is 0 Å². The molecule has 0 amide bonds. The Bertz CT molecular complexity index is 582. The van der Waals surface area contributed by atoms with E-state index in [1.54, 1.807) is 36.7 Å². The van der Waals surface area contributed by atoms with Gasteiger partial charge >= 0.3 is 5.97 Å². The number of methoxy groups -OCH3 is 1. The van der Waals surface area contributed by atoms with Crippen LogP contribution in [-0.2, 0) is 4.74 Å². The molecule has 5 heteroatoms. The summed E-state index contributed by atoms with van der Waals surface area (Å²) >= 11 is 0. The smallest absolute Gasteiger partial charge is 0.338 e. The third-order valence-electron chi connectivity index (χ3n) is 2.41. The molecule has 19 heavy (non-hydrogen) atoms. The molecule has 0 unspecified atom stereocenters. The van der Waals surface area contributed by atoms with Crippen molar-refractivity contribution in [3.63, 3.8) is 0 Å². The molecule has 0 fully saturated rings. The van der Waals surface area contributed by atoms with Gasteiger partial charge in [0.25, 0.3) is 0 Å². The first-order chi connectivity index (χ1) is 9.31. The molecule has 96 valence electrons. The van der Waals surface area contributed by atoms with Crippen LogP contribution in [0.15, 0.2) is 53.8 Å². The van der Waals surface area contributed by atoms with Gasteiger partial charge in [0.1, 0.15) is 5.82 Å². The zero-order valence-corrected chi connectivity index (χ0v) is 10.4. The summed E-state index contributed by atoms with van der Waals surface area (Å²) in [5.41, 5.74) is 3.93. The number of esters is 1. The fraction of sp³-hybridized carbons (Fsp3) is 0.0714. The lowest BCUT2D eigenvalue weighted by Gasteiger charge is -2.03. The van der Waals surface area contributed by atoms with Crippen LogP contribution < -0.4 is 5.43 Å². The van der Waals surface area contributed by atoms with Crippen LogP contribution in [-0.4, -0.2) is 24.3 Å². The Hall–Kier alpha value is -2.69. The Morgan fingerprint density at radius 1 is 1.26 bits per heavy atom. The lowest BCUT2D eigenvalue weighted by atomic mass is 10.1. The number of hydrogen-bond donors (Lipinski definition) is 1. The number of nitrogens with zero attached hydrogens (tertiary/aromatic N) is 2. The first kappa shape index (κ1) is 12.8. The lowest BCUT2D eigenvalue weighted by Crippen LogP contribution is -2.05. The quantitative estimate of drug-likeness (QED) is 0.517. The van der Waals surface area contributed by atoms with E-state index in [2.05, 4.69) is 15.5 Å². The monoisotopic (exact) mass is 255 g/mol. The molecule has 5 nitrogen and oxygen atoms in total. The number of carbonyl (C=O) groups is 1. The number of benzene rings is 1. The number of anilines is 1. The second kappa shape index (κ2) is 6.30. The highest BCUT2D eigenvalue weighted by Crippen LogP contribution is 2.08. The van der Waals surface area contributed by atoms with Gasteiger partial charge in [-0.05, 0) is 18.2 Å². The summed E-state index contributed by atoms with van der Waals surface area (Å²) in [6, 6.07) is 12.5. The molecule has 0 aliphatic heterocycles. The molecule has 1 heterocycles. The molecule has 1 aromatic heterocycles. The normalized spacial score (nSPS) is 10.4. The van der Waals surface area contributed by atoms with Crippen molar-refractivity contribution in [3.05, 3.63) is 59.8 Å². The summed E-state index contributed by atoms with van der Waals surface area (Å²) in [5.74, 6) is 0.245. The highest BCUT2D eigenvalue weighted by atomic mass is 16.5. The maximum Gasteiger partial charge on any atom is 0.338 e. The molecule has 0 saturated heterocycles. The molecule has 2 aromatic rings. The van der Waals surface area contributed by atoms with Gasteiger partial charge in [0.2, 0.25) is 0 Å². The van der Waals surface area contributed by atoms with Gasteiger partial charge in [-0.1, -0.05) is 24.3 Å². The standard InChI is InChI=1S/C14H13N3O2/c1-19-14(18)12-7-3-2-6-11(12)10-16-17-13-8-4-5-9-15-13/h2-10H,1H3,(H,15,17)/b16-10-. The van der Waals surface area contributed by atoms with Crippen LogP contribution in [0.5, 0.6) is 0 Å². The number of pyridine rings is 1. The topological polar surface area (TPSA) is 63.6 Å². The average molecular weight is 255 g/mol. The first-order valence-corrected chi connectivity index (χ1v) is 5.68. The molecule has 0 aliphatic carbocycles. The summed E-state index contributed by atoms with van der Waals surface area (Å²) in [6.07, 6.45) is 3.22. The van der Waals surface area contributed by atoms with Crippen LogP contribution in [0.3, 0.4) is 0 Å². The molecule has 0 atom stereocenters. The SMILES string of the molecule is COC(=O)c1ccccc1/C=N\Nc1ccccn1. The third kappa shape index (κ3) is 3.38. The van der Waals surface area contributed by atoms with Gasteiger partial charge in [-0.15, -0.1) is 0 Å². The minimum absolute atomic E-state index is 0.389.